The van der Waals surface area contributed by atoms with Gasteiger partial charge in [0.15, 0.2) is 0 Å². The second-order valence-corrected chi connectivity index (χ2v) is 5.96. The molecule has 1 amide bonds. The smallest absolute Gasteiger partial charge is 0.225 e. The molecular formula is C14H26N2O. The summed E-state index contributed by atoms with van der Waals surface area (Å²) in [5.41, 5.74) is -0.0820. The molecule has 1 aliphatic heterocycles. The van der Waals surface area contributed by atoms with Crippen LogP contribution in [0.2, 0.25) is 0 Å². The number of rotatable bonds is 4. The van der Waals surface area contributed by atoms with Crippen molar-refractivity contribution in [3.05, 3.63) is 0 Å². The fraction of sp³-hybridized carbons (Fsp3) is 0.929. The average molecular weight is 238 g/mol. The minimum atomic E-state index is -0.0820. The number of amides is 1. The molecule has 0 aromatic heterocycles. The van der Waals surface area contributed by atoms with Gasteiger partial charge in [0.05, 0.1) is 0 Å². The highest BCUT2D eigenvalue weighted by atomic mass is 16.2. The van der Waals surface area contributed by atoms with E-state index >= 15 is 0 Å². The summed E-state index contributed by atoms with van der Waals surface area (Å²) in [4.78, 5) is 12.2. The molecule has 1 atom stereocenters. The minimum absolute atomic E-state index is 0.0820. The SMILES string of the molecule is CC1(C(=O)NCCC2CCCN2)CCCCC1. The van der Waals surface area contributed by atoms with Crippen LogP contribution in [0.5, 0.6) is 0 Å². The molecule has 98 valence electrons. The van der Waals surface area contributed by atoms with Gasteiger partial charge in [-0.3, -0.25) is 4.79 Å². The summed E-state index contributed by atoms with van der Waals surface area (Å²) in [5.74, 6) is 0.287. The maximum Gasteiger partial charge on any atom is 0.225 e. The number of nitrogens with one attached hydrogen (secondary N) is 2. The predicted octanol–water partition coefficient (Wildman–Crippen LogP) is 2.22. The van der Waals surface area contributed by atoms with Crippen molar-refractivity contribution in [2.45, 2.75) is 64.3 Å². The Morgan fingerprint density at radius 2 is 2.06 bits per heavy atom. The first-order valence-electron chi connectivity index (χ1n) is 7.22. The van der Waals surface area contributed by atoms with Crippen molar-refractivity contribution in [2.75, 3.05) is 13.1 Å². The van der Waals surface area contributed by atoms with Gasteiger partial charge in [-0.2, -0.15) is 0 Å². The first-order chi connectivity index (χ1) is 8.21. The van der Waals surface area contributed by atoms with Crippen molar-refractivity contribution in [3.8, 4) is 0 Å². The predicted molar refractivity (Wildman–Crippen MR) is 69.8 cm³/mol. The molecule has 2 fully saturated rings. The van der Waals surface area contributed by atoms with Crippen LogP contribution in [0.4, 0.5) is 0 Å². The highest BCUT2D eigenvalue weighted by Gasteiger charge is 2.34. The molecule has 2 aliphatic rings. The van der Waals surface area contributed by atoms with E-state index in [0.29, 0.717) is 6.04 Å². The summed E-state index contributed by atoms with van der Waals surface area (Å²) >= 11 is 0. The molecule has 0 radical (unpaired) electrons. The molecule has 0 bridgehead atoms. The van der Waals surface area contributed by atoms with Crippen LogP contribution in [0.15, 0.2) is 0 Å². The summed E-state index contributed by atoms with van der Waals surface area (Å²) < 4.78 is 0. The van der Waals surface area contributed by atoms with Crippen LogP contribution in [-0.2, 0) is 4.79 Å². The first-order valence-corrected chi connectivity index (χ1v) is 7.22. The van der Waals surface area contributed by atoms with Gasteiger partial charge in [-0.1, -0.05) is 26.2 Å². The van der Waals surface area contributed by atoms with Gasteiger partial charge in [0.25, 0.3) is 0 Å². The molecular weight excluding hydrogens is 212 g/mol. The van der Waals surface area contributed by atoms with E-state index in [1.54, 1.807) is 0 Å². The van der Waals surface area contributed by atoms with Crippen LogP contribution in [-0.4, -0.2) is 25.0 Å². The zero-order valence-electron chi connectivity index (χ0n) is 11.1. The molecule has 3 heteroatoms. The molecule has 0 spiro atoms. The van der Waals surface area contributed by atoms with Crippen LogP contribution < -0.4 is 10.6 Å². The van der Waals surface area contributed by atoms with Gasteiger partial charge in [-0.05, 0) is 38.6 Å². The van der Waals surface area contributed by atoms with E-state index in [0.717, 1.165) is 32.4 Å². The normalized spacial score (nSPS) is 27.9. The molecule has 2 rings (SSSR count). The third-order valence-corrected chi connectivity index (χ3v) is 4.45. The van der Waals surface area contributed by atoms with E-state index in [9.17, 15) is 4.79 Å². The van der Waals surface area contributed by atoms with Gasteiger partial charge in [0.2, 0.25) is 5.91 Å². The molecule has 1 saturated heterocycles. The number of hydrogen-bond donors (Lipinski definition) is 2. The number of carbonyl (C=O) groups is 1. The second kappa shape index (κ2) is 5.85. The topological polar surface area (TPSA) is 41.1 Å². The highest BCUT2D eigenvalue weighted by Crippen LogP contribution is 2.35. The van der Waals surface area contributed by atoms with Crippen LogP contribution in [0.1, 0.15) is 58.3 Å². The lowest BCUT2D eigenvalue weighted by Crippen LogP contribution is -2.41. The molecule has 3 nitrogen and oxygen atoms in total. The van der Waals surface area contributed by atoms with E-state index < -0.39 is 0 Å². The lowest BCUT2D eigenvalue weighted by atomic mass is 9.75. The molecule has 1 aliphatic carbocycles. The molecule has 0 aromatic carbocycles. The molecule has 1 unspecified atom stereocenters. The standard InChI is InChI=1S/C14H26N2O/c1-14(8-3-2-4-9-14)13(17)16-11-7-12-6-5-10-15-12/h12,15H,2-11H2,1H3,(H,16,17). The van der Waals surface area contributed by atoms with Crippen molar-refractivity contribution in [2.24, 2.45) is 5.41 Å². The van der Waals surface area contributed by atoms with Crippen LogP contribution in [0.25, 0.3) is 0 Å². The molecule has 17 heavy (non-hydrogen) atoms. The van der Waals surface area contributed by atoms with Crippen LogP contribution >= 0.6 is 0 Å². The summed E-state index contributed by atoms with van der Waals surface area (Å²) in [6, 6.07) is 0.634. The Morgan fingerprint density at radius 3 is 2.71 bits per heavy atom. The number of hydrogen-bond acceptors (Lipinski definition) is 2. The van der Waals surface area contributed by atoms with Gasteiger partial charge < -0.3 is 10.6 Å². The quantitative estimate of drug-likeness (QED) is 0.788. The van der Waals surface area contributed by atoms with Crippen molar-refractivity contribution in [3.63, 3.8) is 0 Å². The van der Waals surface area contributed by atoms with Crippen LogP contribution in [0, 0.1) is 5.41 Å². The zero-order valence-corrected chi connectivity index (χ0v) is 11.1. The molecule has 2 N–H and O–H groups in total. The second-order valence-electron chi connectivity index (χ2n) is 5.96. The van der Waals surface area contributed by atoms with Gasteiger partial charge >= 0.3 is 0 Å². The Bertz CT molecular complexity index is 253. The maximum absolute atomic E-state index is 12.2. The third kappa shape index (κ3) is 3.44. The summed E-state index contributed by atoms with van der Waals surface area (Å²) in [6.07, 6.45) is 9.52. The van der Waals surface area contributed by atoms with E-state index in [2.05, 4.69) is 17.6 Å². The van der Waals surface area contributed by atoms with Gasteiger partial charge in [0.1, 0.15) is 0 Å². The fourth-order valence-corrected chi connectivity index (χ4v) is 3.14. The Hall–Kier alpha value is -0.570. The average Bonchev–Trinajstić information content (AvgIpc) is 2.83. The maximum atomic E-state index is 12.2. The van der Waals surface area contributed by atoms with E-state index in [1.165, 1.54) is 32.1 Å². The van der Waals surface area contributed by atoms with Crippen molar-refractivity contribution in [1.29, 1.82) is 0 Å². The van der Waals surface area contributed by atoms with Crippen LogP contribution in [0.3, 0.4) is 0 Å². The Labute approximate surface area is 105 Å². The summed E-state index contributed by atoms with van der Waals surface area (Å²) in [5, 5.41) is 6.61. The number of carbonyl (C=O) groups excluding carboxylic acids is 1. The first kappa shape index (κ1) is 12.9. The van der Waals surface area contributed by atoms with E-state index in [-0.39, 0.29) is 11.3 Å². The highest BCUT2D eigenvalue weighted by molar-refractivity contribution is 5.82. The zero-order chi connectivity index (χ0) is 12.1. The van der Waals surface area contributed by atoms with Crippen molar-refractivity contribution < 1.29 is 4.79 Å². The fourth-order valence-electron chi connectivity index (χ4n) is 3.14. The summed E-state index contributed by atoms with van der Waals surface area (Å²) in [6.45, 7) is 4.12. The monoisotopic (exact) mass is 238 g/mol. The third-order valence-electron chi connectivity index (χ3n) is 4.45. The lowest BCUT2D eigenvalue weighted by molar-refractivity contribution is -0.131. The summed E-state index contributed by atoms with van der Waals surface area (Å²) in [7, 11) is 0. The molecule has 1 saturated carbocycles. The van der Waals surface area contributed by atoms with Gasteiger partial charge in [-0.15, -0.1) is 0 Å². The molecule has 1 heterocycles. The lowest BCUT2D eigenvalue weighted by Gasteiger charge is -2.32. The minimum Gasteiger partial charge on any atom is -0.356 e. The van der Waals surface area contributed by atoms with E-state index in [4.69, 9.17) is 0 Å². The Morgan fingerprint density at radius 1 is 1.29 bits per heavy atom. The van der Waals surface area contributed by atoms with Crippen molar-refractivity contribution in [1.82, 2.24) is 10.6 Å². The van der Waals surface area contributed by atoms with Gasteiger partial charge in [-0.25, -0.2) is 0 Å². The Kier molecular flexibility index (Phi) is 4.43. The Balaban J connectivity index is 1.68. The van der Waals surface area contributed by atoms with Gasteiger partial charge in [0, 0.05) is 18.0 Å². The largest absolute Gasteiger partial charge is 0.356 e. The van der Waals surface area contributed by atoms with E-state index in [1.807, 2.05) is 0 Å². The molecule has 0 aromatic rings. The van der Waals surface area contributed by atoms with Crippen molar-refractivity contribution >= 4 is 5.91 Å².